The van der Waals surface area contributed by atoms with E-state index < -0.39 is 34.4 Å². The Morgan fingerprint density at radius 2 is 1.40 bits per heavy atom. The van der Waals surface area contributed by atoms with Crippen LogP contribution in [0.2, 0.25) is 0 Å². The summed E-state index contributed by atoms with van der Waals surface area (Å²) in [4.78, 5) is 33.4. The van der Waals surface area contributed by atoms with Crippen LogP contribution < -0.4 is 10.1 Å². The van der Waals surface area contributed by atoms with E-state index in [1.165, 1.54) is 4.90 Å². The Balaban J connectivity index is 1.70. The highest BCUT2D eigenvalue weighted by Gasteiger charge is 2.33. The van der Waals surface area contributed by atoms with Crippen LogP contribution in [0.5, 0.6) is 5.75 Å². The van der Waals surface area contributed by atoms with Gasteiger partial charge in [0, 0.05) is 32.0 Å². The Morgan fingerprint density at radius 1 is 0.810 bits per heavy atom. The number of ether oxygens (including phenoxy) is 1. The van der Waals surface area contributed by atoms with Crippen molar-refractivity contribution in [2.24, 2.45) is 0 Å². The van der Waals surface area contributed by atoms with Gasteiger partial charge in [-0.05, 0) is 46.5 Å². The Bertz CT molecular complexity index is 1550. The van der Waals surface area contributed by atoms with Crippen LogP contribution in [0.3, 0.4) is 0 Å². The van der Waals surface area contributed by atoms with Gasteiger partial charge in [0.05, 0.1) is 19.9 Å². The van der Waals surface area contributed by atoms with Crippen LogP contribution in [0.4, 0.5) is 0 Å². The number of hydrogen-bond acceptors (Lipinski definition) is 6. The van der Waals surface area contributed by atoms with Crippen LogP contribution in [0.15, 0.2) is 109 Å². The maximum absolute atomic E-state index is 14.1. The van der Waals surface area contributed by atoms with Gasteiger partial charge < -0.3 is 15.0 Å². The molecule has 0 fully saturated rings. The Kier molecular flexibility index (Phi) is 10.4. The van der Waals surface area contributed by atoms with Crippen molar-refractivity contribution >= 4 is 21.8 Å². The van der Waals surface area contributed by atoms with Gasteiger partial charge in [-0.3, -0.25) is 14.6 Å². The van der Waals surface area contributed by atoms with E-state index in [1.807, 2.05) is 36.4 Å². The molecule has 1 N–H and O–H groups in total. The topological polar surface area (TPSA) is 109 Å². The summed E-state index contributed by atoms with van der Waals surface area (Å²) >= 11 is 0. The molecule has 0 saturated heterocycles. The van der Waals surface area contributed by atoms with Gasteiger partial charge in [0.25, 0.3) is 0 Å². The molecule has 1 heterocycles. The first-order chi connectivity index (χ1) is 20.2. The van der Waals surface area contributed by atoms with Gasteiger partial charge in [0.1, 0.15) is 11.8 Å². The number of benzene rings is 3. The van der Waals surface area contributed by atoms with Crippen molar-refractivity contribution in [1.29, 1.82) is 0 Å². The highest BCUT2D eigenvalue weighted by atomic mass is 32.2. The number of nitrogens with zero attached hydrogens (tertiary/aromatic N) is 3. The minimum absolute atomic E-state index is 0.0199. The van der Waals surface area contributed by atoms with E-state index in [1.54, 1.807) is 80.2 Å². The average Bonchev–Trinajstić information content (AvgIpc) is 3.01. The predicted octanol–water partition coefficient (Wildman–Crippen LogP) is 3.94. The molecule has 1 atom stereocenters. The van der Waals surface area contributed by atoms with Crippen molar-refractivity contribution in [2.75, 3.05) is 19.9 Å². The highest BCUT2D eigenvalue weighted by Crippen LogP contribution is 2.26. The summed E-state index contributed by atoms with van der Waals surface area (Å²) in [5.74, 6) is -0.258. The predicted molar refractivity (Wildman–Crippen MR) is 161 cm³/mol. The van der Waals surface area contributed by atoms with Crippen LogP contribution in [0.1, 0.15) is 28.3 Å². The molecule has 0 unspecified atom stereocenters. The third-order valence-corrected chi connectivity index (χ3v) is 7.90. The lowest BCUT2D eigenvalue weighted by atomic mass is 10.0. The zero-order valence-corrected chi connectivity index (χ0v) is 24.4. The number of hydrogen-bond donors (Lipinski definition) is 1. The van der Waals surface area contributed by atoms with E-state index in [4.69, 9.17) is 4.74 Å². The van der Waals surface area contributed by atoms with Gasteiger partial charge in [-0.2, -0.15) is 4.31 Å². The summed E-state index contributed by atoms with van der Waals surface area (Å²) < 4.78 is 32.0. The van der Waals surface area contributed by atoms with E-state index in [2.05, 4.69) is 10.3 Å². The third kappa shape index (κ3) is 8.48. The van der Waals surface area contributed by atoms with Crippen LogP contribution in [0.25, 0.3) is 0 Å². The molecule has 0 aliphatic rings. The summed E-state index contributed by atoms with van der Waals surface area (Å²) in [5, 5.41) is 2.95. The van der Waals surface area contributed by atoms with Crippen molar-refractivity contribution in [3.63, 3.8) is 0 Å². The smallest absolute Gasteiger partial charge is 0.247 e. The van der Waals surface area contributed by atoms with E-state index in [9.17, 15) is 18.0 Å². The number of carbonyl (C=O) groups excluding carboxylic acids is 2. The summed E-state index contributed by atoms with van der Waals surface area (Å²) in [6.07, 6.45) is 4.36. The fourth-order valence-electron chi connectivity index (χ4n) is 4.46. The maximum Gasteiger partial charge on any atom is 0.247 e. The van der Waals surface area contributed by atoms with Crippen molar-refractivity contribution in [2.45, 2.75) is 25.7 Å². The Hall–Kier alpha value is -4.54. The molecule has 10 heteroatoms. The molecule has 4 aromatic rings. The zero-order chi connectivity index (χ0) is 30.0. The largest absolute Gasteiger partial charge is 0.497 e. The monoisotopic (exact) mass is 586 g/mol. The van der Waals surface area contributed by atoms with Gasteiger partial charge in [-0.1, -0.05) is 72.8 Å². The van der Waals surface area contributed by atoms with Crippen LogP contribution in [-0.2, 0) is 39.2 Å². The number of pyridine rings is 1. The molecule has 0 radical (unpaired) electrons. The molecule has 0 aliphatic carbocycles. The molecule has 0 aliphatic heterocycles. The summed E-state index contributed by atoms with van der Waals surface area (Å²) in [6.45, 7) is -0.121. The van der Waals surface area contributed by atoms with Crippen LogP contribution in [0, 0.1) is 0 Å². The number of nitrogens with one attached hydrogen (secondary N) is 1. The van der Waals surface area contributed by atoms with Gasteiger partial charge in [-0.25, -0.2) is 8.42 Å². The molecule has 2 amide bonds. The average molecular weight is 587 g/mol. The molecular formula is C32H34N4O5S. The number of amides is 2. The van der Waals surface area contributed by atoms with E-state index >= 15 is 0 Å². The number of sulfonamides is 1. The lowest BCUT2D eigenvalue weighted by Crippen LogP contribution is -2.47. The number of aromatic nitrogens is 1. The van der Waals surface area contributed by atoms with Crippen LogP contribution in [-0.4, -0.2) is 54.3 Å². The molecule has 218 valence electrons. The molecule has 3 aromatic carbocycles. The lowest BCUT2D eigenvalue weighted by Gasteiger charge is -2.33. The second-order valence-electron chi connectivity index (χ2n) is 9.77. The molecule has 4 rings (SSSR count). The number of rotatable bonds is 13. The van der Waals surface area contributed by atoms with E-state index in [-0.39, 0.29) is 19.6 Å². The van der Waals surface area contributed by atoms with Crippen molar-refractivity contribution in [3.8, 4) is 5.75 Å². The minimum atomic E-state index is -3.77. The second-order valence-corrected chi connectivity index (χ2v) is 11.8. The van der Waals surface area contributed by atoms with Crippen molar-refractivity contribution < 1.29 is 22.7 Å². The Labute approximate surface area is 246 Å². The zero-order valence-electron chi connectivity index (χ0n) is 23.6. The van der Waals surface area contributed by atoms with E-state index in [0.29, 0.717) is 11.3 Å². The quantitative estimate of drug-likeness (QED) is 0.254. The van der Waals surface area contributed by atoms with Gasteiger partial charge in [0.2, 0.25) is 21.8 Å². The molecule has 42 heavy (non-hydrogen) atoms. The van der Waals surface area contributed by atoms with Gasteiger partial charge >= 0.3 is 0 Å². The SMILES string of the molecule is COc1ccc(CN(C(=O)CN(Cc2ccccc2)S(C)(=O)=O)[C@H](C(=O)NCc2ccncc2)c2ccccc2)cc1. The molecule has 1 aromatic heterocycles. The van der Waals surface area contributed by atoms with Crippen molar-refractivity contribution in [1.82, 2.24) is 19.5 Å². The molecule has 0 bridgehead atoms. The van der Waals surface area contributed by atoms with Gasteiger partial charge in [0.15, 0.2) is 0 Å². The minimum Gasteiger partial charge on any atom is -0.497 e. The maximum atomic E-state index is 14.1. The molecular weight excluding hydrogens is 552 g/mol. The molecule has 9 nitrogen and oxygen atoms in total. The van der Waals surface area contributed by atoms with Gasteiger partial charge in [-0.15, -0.1) is 0 Å². The summed E-state index contributed by atoms with van der Waals surface area (Å²) in [7, 11) is -2.20. The lowest BCUT2D eigenvalue weighted by molar-refractivity contribution is -0.141. The highest BCUT2D eigenvalue weighted by molar-refractivity contribution is 7.88. The summed E-state index contributed by atoms with van der Waals surface area (Å²) in [5.41, 5.74) is 2.94. The third-order valence-electron chi connectivity index (χ3n) is 6.71. The molecule has 0 spiro atoms. The molecule has 0 saturated carbocycles. The number of methoxy groups -OCH3 is 1. The first-order valence-electron chi connectivity index (χ1n) is 13.4. The Morgan fingerprint density at radius 3 is 2.00 bits per heavy atom. The first kappa shape index (κ1) is 30.4. The standard InChI is InChI=1S/C32H34N4O5S/c1-41-29-15-13-27(14-16-29)23-36(30(37)24-35(42(2,39)40)22-26-9-5-3-6-10-26)31(28-11-7-4-8-12-28)32(38)34-21-25-17-19-33-20-18-25/h3-20,31H,21-24H2,1-2H3,(H,34,38)/t31-/m0/s1. The fraction of sp³-hybridized carbons (Fsp3) is 0.219. The van der Waals surface area contributed by atoms with Crippen LogP contribution >= 0.6 is 0 Å². The first-order valence-corrected chi connectivity index (χ1v) is 15.2. The fourth-order valence-corrected chi connectivity index (χ4v) is 5.19. The number of carbonyl (C=O) groups is 2. The van der Waals surface area contributed by atoms with Crippen molar-refractivity contribution in [3.05, 3.63) is 132 Å². The second kappa shape index (κ2) is 14.4. The normalized spacial score (nSPS) is 12.0. The summed E-state index contributed by atoms with van der Waals surface area (Å²) in [6, 6.07) is 27.8. The van der Waals surface area contributed by atoms with E-state index in [0.717, 1.165) is 27.3 Å².